The molecule has 2 aliphatic rings. The van der Waals surface area contributed by atoms with Crippen LogP contribution < -0.4 is 9.47 Å². The van der Waals surface area contributed by atoms with Gasteiger partial charge in [0.2, 0.25) is 0 Å². The summed E-state index contributed by atoms with van der Waals surface area (Å²) in [6, 6.07) is 7.39. The van der Waals surface area contributed by atoms with Gasteiger partial charge in [-0.3, -0.25) is 0 Å². The van der Waals surface area contributed by atoms with E-state index >= 15 is 0 Å². The zero-order chi connectivity index (χ0) is 18.2. The third kappa shape index (κ3) is 6.43. The maximum absolute atomic E-state index is 10.1. The highest BCUT2D eigenvalue weighted by Crippen LogP contribution is 2.20. The number of likely N-dealkylation sites (tertiary alicyclic amines) is 2. The number of hydrogen-bond donors (Lipinski definition) is 2. The molecule has 2 atom stereocenters. The molecule has 1 aromatic carbocycles. The number of rotatable bonds is 10. The SMILES string of the molecule is O[C@H](COc1cccc(OC[C@H](O)CN2CCCC2)c1)CN1CCCC1. The molecule has 6 heteroatoms. The number of aliphatic hydroxyl groups is 2. The van der Waals surface area contributed by atoms with E-state index in [1.807, 2.05) is 24.3 Å². The summed E-state index contributed by atoms with van der Waals surface area (Å²) in [4.78, 5) is 4.55. The van der Waals surface area contributed by atoms with Crippen molar-refractivity contribution in [2.75, 3.05) is 52.5 Å². The summed E-state index contributed by atoms with van der Waals surface area (Å²) in [6.07, 6.45) is 3.90. The van der Waals surface area contributed by atoms with Gasteiger partial charge in [0.05, 0.1) is 0 Å². The molecular formula is C20H32N2O4. The molecule has 2 heterocycles. The van der Waals surface area contributed by atoms with Crippen LogP contribution in [0.15, 0.2) is 24.3 Å². The molecule has 1 aromatic rings. The van der Waals surface area contributed by atoms with E-state index in [0.717, 1.165) is 26.2 Å². The quantitative estimate of drug-likeness (QED) is 0.654. The van der Waals surface area contributed by atoms with E-state index in [2.05, 4.69) is 9.80 Å². The van der Waals surface area contributed by atoms with E-state index in [4.69, 9.17) is 9.47 Å². The van der Waals surface area contributed by atoms with Gasteiger partial charge >= 0.3 is 0 Å². The number of ether oxygens (including phenoxy) is 2. The minimum atomic E-state index is -0.486. The molecule has 2 N–H and O–H groups in total. The van der Waals surface area contributed by atoms with Crippen LogP contribution >= 0.6 is 0 Å². The Morgan fingerprint density at radius 2 is 1.19 bits per heavy atom. The average Bonchev–Trinajstić information content (AvgIpc) is 3.33. The first-order valence-electron chi connectivity index (χ1n) is 9.85. The molecule has 0 spiro atoms. The standard InChI is InChI=1S/C20H32N2O4/c23-17(13-21-8-1-2-9-21)15-25-19-6-5-7-20(12-19)26-16-18(24)14-22-10-3-4-11-22/h5-7,12,17-18,23-24H,1-4,8-11,13-16H2/t17-,18+. The van der Waals surface area contributed by atoms with Gasteiger partial charge in [0.1, 0.15) is 36.9 Å². The van der Waals surface area contributed by atoms with E-state index in [1.54, 1.807) is 0 Å². The minimum Gasteiger partial charge on any atom is -0.491 e. The number of aliphatic hydroxyl groups excluding tert-OH is 2. The number of hydrogen-bond acceptors (Lipinski definition) is 6. The lowest BCUT2D eigenvalue weighted by atomic mass is 10.3. The Morgan fingerprint density at radius 3 is 1.62 bits per heavy atom. The molecule has 146 valence electrons. The maximum atomic E-state index is 10.1. The van der Waals surface area contributed by atoms with Crippen molar-refractivity contribution < 1.29 is 19.7 Å². The van der Waals surface area contributed by atoms with E-state index in [1.165, 1.54) is 25.7 Å². The third-order valence-electron chi connectivity index (χ3n) is 5.03. The van der Waals surface area contributed by atoms with Crippen LogP contribution in [0.2, 0.25) is 0 Å². The van der Waals surface area contributed by atoms with Crippen molar-refractivity contribution in [1.29, 1.82) is 0 Å². The largest absolute Gasteiger partial charge is 0.491 e. The fraction of sp³-hybridized carbons (Fsp3) is 0.700. The minimum absolute atomic E-state index is 0.275. The van der Waals surface area contributed by atoms with Crippen molar-refractivity contribution in [3.05, 3.63) is 24.3 Å². The summed E-state index contributed by atoms with van der Waals surface area (Å²) >= 11 is 0. The smallest absolute Gasteiger partial charge is 0.123 e. The van der Waals surface area contributed by atoms with Crippen LogP contribution in [0.3, 0.4) is 0 Å². The molecule has 3 rings (SSSR count). The Bertz CT molecular complexity index is 487. The molecular weight excluding hydrogens is 332 g/mol. The first-order valence-corrected chi connectivity index (χ1v) is 9.85. The van der Waals surface area contributed by atoms with Crippen LogP contribution in [-0.2, 0) is 0 Å². The van der Waals surface area contributed by atoms with Gasteiger partial charge in [-0.2, -0.15) is 0 Å². The molecule has 0 radical (unpaired) electrons. The summed E-state index contributed by atoms with van der Waals surface area (Å²) in [5, 5.41) is 20.2. The van der Waals surface area contributed by atoms with Crippen LogP contribution in [0.25, 0.3) is 0 Å². The first kappa shape index (κ1) is 19.4. The molecule has 0 unspecified atom stereocenters. The Balaban J connectivity index is 1.37. The molecule has 0 bridgehead atoms. The average molecular weight is 364 g/mol. The van der Waals surface area contributed by atoms with Crippen LogP contribution in [-0.4, -0.2) is 84.7 Å². The molecule has 2 saturated heterocycles. The summed E-state index contributed by atoms with van der Waals surface area (Å²) in [7, 11) is 0. The maximum Gasteiger partial charge on any atom is 0.123 e. The fourth-order valence-electron chi connectivity index (χ4n) is 3.67. The highest BCUT2D eigenvalue weighted by molar-refractivity contribution is 5.33. The van der Waals surface area contributed by atoms with Crippen LogP contribution in [0.4, 0.5) is 0 Å². The molecule has 0 amide bonds. The van der Waals surface area contributed by atoms with Crippen molar-refractivity contribution in [2.24, 2.45) is 0 Å². The highest BCUT2D eigenvalue weighted by Gasteiger charge is 2.17. The zero-order valence-electron chi connectivity index (χ0n) is 15.6. The van der Waals surface area contributed by atoms with Gasteiger partial charge < -0.3 is 29.5 Å². The summed E-state index contributed by atoms with van der Waals surface area (Å²) in [6.45, 7) is 6.16. The van der Waals surface area contributed by atoms with Gasteiger partial charge in [-0.15, -0.1) is 0 Å². The second-order valence-electron chi connectivity index (χ2n) is 7.42. The second kappa shape index (κ2) is 10.1. The molecule has 6 nitrogen and oxygen atoms in total. The molecule has 26 heavy (non-hydrogen) atoms. The van der Waals surface area contributed by atoms with Crippen molar-refractivity contribution in [3.63, 3.8) is 0 Å². The van der Waals surface area contributed by atoms with Gasteiger partial charge in [0.25, 0.3) is 0 Å². The Labute approximate surface area is 156 Å². The van der Waals surface area contributed by atoms with Gasteiger partial charge in [-0.05, 0) is 64.0 Å². The topological polar surface area (TPSA) is 65.4 Å². The predicted molar refractivity (Wildman–Crippen MR) is 101 cm³/mol. The van der Waals surface area contributed by atoms with E-state index in [0.29, 0.717) is 24.6 Å². The van der Waals surface area contributed by atoms with Crippen molar-refractivity contribution in [1.82, 2.24) is 9.80 Å². The lowest BCUT2D eigenvalue weighted by Crippen LogP contribution is -2.33. The fourth-order valence-corrected chi connectivity index (χ4v) is 3.67. The van der Waals surface area contributed by atoms with Crippen molar-refractivity contribution in [3.8, 4) is 11.5 Å². The molecule has 2 aliphatic heterocycles. The Kier molecular flexibility index (Phi) is 7.55. The number of benzene rings is 1. The van der Waals surface area contributed by atoms with Gasteiger partial charge in [0.15, 0.2) is 0 Å². The Hall–Kier alpha value is -1.34. The molecule has 2 fully saturated rings. The Morgan fingerprint density at radius 1 is 0.769 bits per heavy atom. The van der Waals surface area contributed by atoms with Gasteiger partial charge in [-0.25, -0.2) is 0 Å². The van der Waals surface area contributed by atoms with Gasteiger partial charge in [-0.1, -0.05) is 6.07 Å². The molecule has 0 saturated carbocycles. The lowest BCUT2D eigenvalue weighted by molar-refractivity contribution is 0.0730. The van der Waals surface area contributed by atoms with Crippen LogP contribution in [0, 0.1) is 0 Å². The highest BCUT2D eigenvalue weighted by atomic mass is 16.5. The lowest BCUT2D eigenvalue weighted by Gasteiger charge is -2.20. The van der Waals surface area contributed by atoms with Gasteiger partial charge in [0, 0.05) is 19.2 Å². The van der Waals surface area contributed by atoms with Crippen molar-refractivity contribution >= 4 is 0 Å². The molecule has 0 aliphatic carbocycles. The zero-order valence-corrected chi connectivity index (χ0v) is 15.6. The first-order chi connectivity index (χ1) is 12.7. The van der Waals surface area contributed by atoms with E-state index in [-0.39, 0.29) is 13.2 Å². The number of β-amino-alcohol motifs (C(OH)–C–C–N with tert-alkyl or cyclic N) is 2. The second-order valence-corrected chi connectivity index (χ2v) is 7.42. The van der Waals surface area contributed by atoms with E-state index in [9.17, 15) is 10.2 Å². The number of nitrogens with zero attached hydrogens (tertiary/aromatic N) is 2. The monoisotopic (exact) mass is 364 g/mol. The summed E-state index contributed by atoms with van der Waals surface area (Å²) in [5.74, 6) is 1.36. The normalized spacial score (nSPS) is 21.0. The van der Waals surface area contributed by atoms with Crippen molar-refractivity contribution in [2.45, 2.75) is 37.9 Å². The van der Waals surface area contributed by atoms with E-state index < -0.39 is 12.2 Å². The summed E-state index contributed by atoms with van der Waals surface area (Å²) in [5.41, 5.74) is 0. The molecule has 0 aromatic heterocycles. The van der Waals surface area contributed by atoms with Crippen LogP contribution in [0.5, 0.6) is 11.5 Å². The van der Waals surface area contributed by atoms with Crippen LogP contribution in [0.1, 0.15) is 25.7 Å². The third-order valence-corrected chi connectivity index (χ3v) is 5.03. The predicted octanol–water partition coefficient (Wildman–Crippen LogP) is 1.36. The summed E-state index contributed by atoms with van der Waals surface area (Å²) < 4.78 is 11.4.